The van der Waals surface area contributed by atoms with Crippen molar-refractivity contribution in [2.45, 2.75) is 58.3 Å². The summed E-state index contributed by atoms with van der Waals surface area (Å²) in [6, 6.07) is 7.39. The van der Waals surface area contributed by atoms with Crippen molar-refractivity contribution in [3.8, 4) is 0 Å². The van der Waals surface area contributed by atoms with E-state index in [1.165, 1.54) is 50.5 Å². The molecule has 0 saturated carbocycles. The Morgan fingerprint density at radius 1 is 0.960 bits per heavy atom. The number of unbranched alkanes of at least 4 members (excludes halogenated alkanes) is 6. The Morgan fingerprint density at radius 3 is 2.08 bits per heavy atom. The summed E-state index contributed by atoms with van der Waals surface area (Å²) < 4.78 is 18.3. The molecule has 5 heteroatoms. The van der Waals surface area contributed by atoms with Crippen molar-refractivity contribution in [3.63, 3.8) is 0 Å². The molecule has 0 radical (unpaired) electrons. The fourth-order valence-corrected chi connectivity index (χ4v) is 3.65. The number of rotatable bonds is 13. The van der Waals surface area contributed by atoms with Crippen LogP contribution >= 0.6 is 7.60 Å². The number of likely N-dealkylation sites (N-methyl/N-ethyl adjacent to an activating group) is 1. The van der Waals surface area contributed by atoms with E-state index in [4.69, 9.17) is 4.52 Å². The average Bonchev–Trinajstić information content (AvgIpc) is 2.53. The van der Waals surface area contributed by atoms with E-state index < -0.39 is 7.60 Å². The molecule has 0 aliphatic heterocycles. The fourth-order valence-electron chi connectivity index (χ4n) is 2.65. The van der Waals surface area contributed by atoms with E-state index in [-0.39, 0.29) is 6.61 Å². The molecule has 1 N–H and O–H groups in total. The fraction of sp³-hybridized carbons (Fsp3) is 0.700. The Kier molecular flexibility index (Phi) is 9.96. The van der Waals surface area contributed by atoms with Crippen LogP contribution in [0.2, 0.25) is 0 Å². The molecule has 1 atom stereocenters. The van der Waals surface area contributed by atoms with Gasteiger partial charge >= 0.3 is 7.60 Å². The molecule has 0 aliphatic carbocycles. The van der Waals surface area contributed by atoms with Crippen molar-refractivity contribution in [3.05, 3.63) is 29.8 Å². The highest BCUT2D eigenvalue weighted by atomic mass is 31.2. The normalized spacial score (nSPS) is 14.4. The quantitative estimate of drug-likeness (QED) is 0.316. The molecule has 0 aromatic heterocycles. The summed E-state index contributed by atoms with van der Waals surface area (Å²) in [5, 5.41) is 0.386. The van der Waals surface area contributed by atoms with Crippen LogP contribution in [-0.4, -0.2) is 43.7 Å². The van der Waals surface area contributed by atoms with Gasteiger partial charge in [0.2, 0.25) is 0 Å². The molecule has 0 saturated heterocycles. The second-order valence-corrected chi connectivity index (χ2v) is 9.72. The van der Waals surface area contributed by atoms with E-state index in [1.807, 2.05) is 33.3 Å². The molecule has 1 aromatic carbocycles. The molecule has 0 aliphatic rings. The number of nitrogens with zero attached hydrogens (tertiary/aromatic N) is 1. The standard InChI is InChI=1S/C20H36NO3P/c1-5-6-7-8-9-10-11-12-19-13-15-20(16-14-19)25(22,23)24-18-17-21(2,3)4/h13-16H,5-12,17-18H2,1-4H3/p+1. The Morgan fingerprint density at radius 2 is 1.52 bits per heavy atom. The van der Waals surface area contributed by atoms with Crippen molar-refractivity contribution < 1.29 is 18.5 Å². The summed E-state index contributed by atoms with van der Waals surface area (Å²) in [6.07, 6.45) is 10.1. The van der Waals surface area contributed by atoms with Crippen LogP contribution in [0.3, 0.4) is 0 Å². The monoisotopic (exact) mass is 370 g/mol. The minimum atomic E-state index is -3.71. The van der Waals surface area contributed by atoms with Gasteiger partial charge in [0.25, 0.3) is 0 Å². The maximum absolute atomic E-state index is 12.3. The number of aryl methyl sites for hydroxylation is 1. The number of hydrogen-bond acceptors (Lipinski definition) is 2. The molecule has 1 rings (SSSR count). The van der Waals surface area contributed by atoms with Crippen LogP contribution in [0.4, 0.5) is 0 Å². The smallest absolute Gasteiger partial charge is 0.329 e. The Bertz CT molecular complexity index is 523. The van der Waals surface area contributed by atoms with Gasteiger partial charge in [0.05, 0.1) is 26.4 Å². The van der Waals surface area contributed by atoms with E-state index in [0.717, 1.165) is 6.42 Å². The minimum Gasteiger partial charge on any atom is -0.329 e. The summed E-state index contributed by atoms with van der Waals surface area (Å²) in [5.41, 5.74) is 1.23. The van der Waals surface area contributed by atoms with Crippen LogP contribution in [0.25, 0.3) is 0 Å². The van der Waals surface area contributed by atoms with Crippen molar-refractivity contribution in [2.24, 2.45) is 0 Å². The maximum Gasteiger partial charge on any atom is 0.358 e. The van der Waals surface area contributed by atoms with Gasteiger partial charge in [-0.15, -0.1) is 0 Å². The number of benzene rings is 1. The molecule has 0 spiro atoms. The van der Waals surface area contributed by atoms with Crippen molar-refractivity contribution in [1.29, 1.82) is 0 Å². The zero-order valence-electron chi connectivity index (χ0n) is 16.5. The molecular weight excluding hydrogens is 333 g/mol. The zero-order valence-corrected chi connectivity index (χ0v) is 17.4. The zero-order chi connectivity index (χ0) is 18.8. The lowest BCUT2D eigenvalue weighted by Gasteiger charge is -2.24. The van der Waals surface area contributed by atoms with Gasteiger partial charge in [-0.05, 0) is 30.5 Å². The van der Waals surface area contributed by atoms with Crippen molar-refractivity contribution >= 4 is 12.9 Å². The average molecular weight is 370 g/mol. The first-order chi connectivity index (χ1) is 11.7. The lowest BCUT2D eigenvalue weighted by molar-refractivity contribution is -0.870. The lowest BCUT2D eigenvalue weighted by Crippen LogP contribution is -2.37. The van der Waals surface area contributed by atoms with Crippen LogP contribution < -0.4 is 5.30 Å². The Labute approximate surface area is 154 Å². The predicted octanol–water partition coefficient (Wildman–Crippen LogP) is 4.51. The van der Waals surface area contributed by atoms with Crippen LogP contribution in [-0.2, 0) is 15.5 Å². The molecule has 0 fully saturated rings. The highest BCUT2D eigenvalue weighted by Crippen LogP contribution is 2.40. The lowest BCUT2D eigenvalue weighted by atomic mass is 10.0. The van der Waals surface area contributed by atoms with E-state index in [1.54, 1.807) is 12.1 Å². The van der Waals surface area contributed by atoms with Gasteiger partial charge in [-0.2, -0.15) is 0 Å². The maximum atomic E-state index is 12.3. The van der Waals surface area contributed by atoms with Gasteiger partial charge in [-0.25, -0.2) is 0 Å². The molecule has 0 bridgehead atoms. The summed E-state index contributed by atoms with van der Waals surface area (Å²) in [4.78, 5) is 10.1. The van der Waals surface area contributed by atoms with Gasteiger partial charge in [-0.1, -0.05) is 57.6 Å². The molecule has 4 nitrogen and oxygen atoms in total. The van der Waals surface area contributed by atoms with E-state index in [2.05, 4.69) is 6.92 Å². The van der Waals surface area contributed by atoms with Gasteiger partial charge in [0, 0.05) is 0 Å². The molecular formula is C20H37NO3P+. The van der Waals surface area contributed by atoms with Crippen LogP contribution in [0, 0.1) is 0 Å². The SMILES string of the molecule is CCCCCCCCCc1ccc(P(=O)(O)OCC[N+](C)(C)C)cc1. The highest BCUT2D eigenvalue weighted by Gasteiger charge is 2.23. The summed E-state index contributed by atoms with van der Waals surface area (Å²) in [5.74, 6) is 0. The summed E-state index contributed by atoms with van der Waals surface area (Å²) in [6.45, 7) is 3.21. The second-order valence-electron chi connectivity index (χ2n) is 7.91. The molecule has 144 valence electrons. The highest BCUT2D eigenvalue weighted by molar-refractivity contribution is 7.61. The minimum absolute atomic E-state index is 0.275. The van der Waals surface area contributed by atoms with Crippen molar-refractivity contribution in [1.82, 2.24) is 0 Å². The van der Waals surface area contributed by atoms with Crippen LogP contribution in [0.15, 0.2) is 24.3 Å². The second kappa shape index (κ2) is 11.1. The third-order valence-electron chi connectivity index (χ3n) is 4.36. The largest absolute Gasteiger partial charge is 0.358 e. The molecule has 25 heavy (non-hydrogen) atoms. The van der Waals surface area contributed by atoms with Gasteiger partial charge in [-0.3, -0.25) is 9.09 Å². The molecule has 1 unspecified atom stereocenters. The van der Waals surface area contributed by atoms with E-state index in [0.29, 0.717) is 16.3 Å². The predicted molar refractivity (Wildman–Crippen MR) is 106 cm³/mol. The van der Waals surface area contributed by atoms with Crippen molar-refractivity contribution in [2.75, 3.05) is 34.3 Å². The first kappa shape index (κ1) is 22.4. The van der Waals surface area contributed by atoms with E-state index in [9.17, 15) is 9.46 Å². The first-order valence-corrected chi connectivity index (χ1v) is 11.2. The summed E-state index contributed by atoms with van der Waals surface area (Å²) >= 11 is 0. The third kappa shape index (κ3) is 10.2. The molecule has 1 aromatic rings. The van der Waals surface area contributed by atoms with Crippen LogP contribution in [0.5, 0.6) is 0 Å². The first-order valence-electron chi connectivity index (χ1n) is 9.62. The van der Waals surface area contributed by atoms with Gasteiger partial charge in [0.1, 0.15) is 13.2 Å². The topological polar surface area (TPSA) is 46.5 Å². The van der Waals surface area contributed by atoms with Gasteiger partial charge in [0.15, 0.2) is 0 Å². The Hall–Kier alpha value is -0.670. The summed E-state index contributed by atoms with van der Waals surface area (Å²) in [7, 11) is 2.39. The molecule has 0 amide bonds. The van der Waals surface area contributed by atoms with Gasteiger partial charge < -0.3 is 9.38 Å². The van der Waals surface area contributed by atoms with Crippen LogP contribution in [0.1, 0.15) is 57.4 Å². The van der Waals surface area contributed by atoms with E-state index >= 15 is 0 Å². The third-order valence-corrected chi connectivity index (χ3v) is 5.84. The Balaban J connectivity index is 2.35. The number of hydrogen-bond donors (Lipinski definition) is 1. The molecule has 0 heterocycles. The number of quaternary nitrogens is 1.